The Kier molecular flexibility index (Phi) is 5.15. The first-order valence-corrected chi connectivity index (χ1v) is 7.00. The van der Waals surface area contributed by atoms with Crippen LogP contribution in [0.3, 0.4) is 0 Å². The summed E-state index contributed by atoms with van der Waals surface area (Å²) < 4.78 is 5.23. The summed E-state index contributed by atoms with van der Waals surface area (Å²) in [6.07, 6.45) is 3.28. The predicted molar refractivity (Wildman–Crippen MR) is 78.7 cm³/mol. The van der Waals surface area contributed by atoms with E-state index in [2.05, 4.69) is 34.1 Å². The normalized spacial score (nSPS) is 11.8. The van der Waals surface area contributed by atoms with Crippen molar-refractivity contribution in [3.63, 3.8) is 0 Å². The average Bonchev–Trinajstić information content (AvgIpc) is 2.24. The van der Waals surface area contributed by atoms with Gasteiger partial charge in [0.05, 0.1) is 0 Å². The zero-order valence-electron chi connectivity index (χ0n) is 11.3. The summed E-state index contributed by atoms with van der Waals surface area (Å²) in [5, 5.41) is 0.765. The summed E-state index contributed by atoms with van der Waals surface area (Å²) in [5.41, 5.74) is 2.91. The van der Waals surface area contributed by atoms with Crippen LogP contribution in [0.25, 0.3) is 6.08 Å². The van der Waals surface area contributed by atoms with Crippen LogP contribution in [0, 0.1) is 6.92 Å². The van der Waals surface area contributed by atoms with E-state index in [9.17, 15) is 4.79 Å². The second kappa shape index (κ2) is 6.19. The Hall–Kier alpha value is -1.09. The minimum atomic E-state index is -0.452. The third-order valence-electron chi connectivity index (χ3n) is 2.25. The van der Waals surface area contributed by atoms with E-state index in [1.54, 1.807) is 6.08 Å². The summed E-state index contributed by atoms with van der Waals surface area (Å²) in [5.74, 6) is -0.315. The van der Waals surface area contributed by atoms with Crippen LogP contribution in [0.4, 0.5) is 0 Å². The van der Waals surface area contributed by atoms with Gasteiger partial charge in [0.25, 0.3) is 0 Å². The SMILES string of the molecule is Cc1ccc(CBr)c(/C=C/C(=O)OC(C)(C)C)c1. The summed E-state index contributed by atoms with van der Waals surface area (Å²) >= 11 is 3.44. The number of carbonyl (C=O) groups is 1. The highest BCUT2D eigenvalue weighted by atomic mass is 79.9. The van der Waals surface area contributed by atoms with Crippen LogP contribution < -0.4 is 0 Å². The van der Waals surface area contributed by atoms with Gasteiger partial charge in [-0.2, -0.15) is 0 Å². The van der Waals surface area contributed by atoms with Gasteiger partial charge in [0, 0.05) is 11.4 Å². The van der Waals surface area contributed by atoms with Gasteiger partial charge in [-0.3, -0.25) is 0 Å². The molecule has 0 aromatic heterocycles. The van der Waals surface area contributed by atoms with Crippen LogP contribution in [-0.2, 0) is 14.9 Å². The molecule has 0 saturated heterocycles. The van der Waals surface area contributed by atoms with E-state index in [0.29, 0.717) is 0 Å². The molecule has 2 nitrogen and oxygen atoms in total. The van der Waals surface area contributed by atoms with Gasteiger partial charge in [-0.25, -0.2) is 4.79 Å². The molecular weight excluding hydrogens is 292 g/mol. The third kappa shape index (κ3) is 5.05. The number of alkyl halides is 1. The number of halogens is 1. The van der Waals surface area contributed by atoms with Crippen LogP contribution in [0.1, 0.15) is 37.5 Å². The van der Waals surface area contributed by atoms with Gasteiger partial charge < -0.3 is 4.74 Å². The number of esters is 1. The zero-order valence-corrected chi connectivity index (χ0v) is 12.9. The van der Waals surface area contributed by atoms with Crippen LogP contribution >= 0.6 is 15.9 Å². The fourth-order valence-electron chi connectivity index (χ4n) is 1.48. The van der Waals surface area contributed by atoms with Gasteiger partial charge in [0.2, 0.25) is 0 Å². The molecule has 0 radical (unpaired) electrons. The topological polar surface area (TPSA) is 26.3 Å². The molecule has 0 aliphatic rings. The Morgan fingerprint density at radius 2 is 2.06 bits per heavy atom. The molecule has 0 heterocycles. The van der Waals surface area contributed by atoms with Gasteiger partial charge in [0.15, 0.2) is 0 Å². The molecule has 0 amide bonds. The Morgan fingerprint density at radius 3 is 2.61 bits per heavy atom. The molecule has 18 heavy (non-hydrogen) atoms. The van der Waals surface area contributed by atoms with Crippen molar-refractivity contribution in [1.29, 1.82) is 0 Å². The lowest BCUT2D eigenvalue weighted by Crippen LogP contribution is -2.22. The molecule has 0 N–H and O–H groups in total. The number of aryl methyl sites for hydroxylation is 1. The molecule has 0 aliphatic heterocycles. The Balaban J connectivity index is 2.84. The maximum Gasteiger partial charge on any atom is 0.331 e. The largest absolute Gasteiger partial charge is 0.457 e. The van der Waals surface area contributed by atoms with Gasteiger partial charge >= 0.3 is 5.97 Å². The van der Waals surface area contributed by atoms with Crippen molar-refractivity contribution in [2.45, 2.75) is 38.6 Å². The van der Waals surface area contributed by atoms with E-state index in [0.717, 1.165) is 16.5 Å². The van der Waals surface area contributed by atoms with E-state index in [1.165, 1.54) is 11.6 Å². The van der Waals surface area contributed by atoms with Gasteiger partial charge in [-0.1, -0.05) is 39.7 Å². The van der Waals surface area contributed by atoms with Crippen molar-refractivity contribution >= 4 is 28.0 Å². The van der Waals surface area contributed by atoms with E-state index in [-0.39, 0.29) is 5.97 Å². The molecule has 98 valence electrons. The standard InChI is InChI=1S/C15H19BrO2/c1-11-5-6-13(10-16)12(9-11)7-8-14(17)18-15(2,3)4/h5-9H,10H2,1-4H3/b8-7+. The maximum absolute atomic E-state index is 11.6. The molecule has 0 spiro atoms. The van der Waals surface area contributed by atoms with Gasteiger partial charge in [-0.15, -0.1) is 0 Å². The lowest BCUT2D eigenvalue weighted by atomic mass is 10.1. The molecule has 0 aliphatic carbocycles. The van der Waals surface area contributed by atoms with E-state index < -0.39 is 5.60 Å². The van der Waals surface area contributed by atoms with Gasteiger partial charge in [0.1, 0.15) is 5.60 Å². The monoisotopic (exact) mass is 310 g/mol. The number of ether oxygens (including phenoxy) is 1. The maximum atomic E-state index is 11.6. The van der Waals surface area contributed by atoms with Crippen molar-refractivity contribution in [2.75, 3.05) is 0 Å². The van der Waals surface area contributed by atoms with Crippen molar-refractivity contribution in [1.82, 2.24) is 0 Å². The molecule has 3 heteroatoms. The lowest BCUT2D eigenvalue weighted by molar-refractivity contribution is -0.148. The molecule has 0 fully saturated rings. The first-order chi connectivity index (χ1) is 8.31. The Labute approximate surface area is 117 Å². The molecular formula is C15H19BrO2. The smallest absolute Gasteiger partial charge is 0.331 e. The van der Waals surface area contributed by atoms with Crippen molar-refractivity contribution in [3.8, 4) is 0 Å². The quantitative estimate of drug-likeness (QED) is 0.474. The molecule has 0 saturated carbocycles. The van der Waals surface area contributed by atoms with Gasteiger partial charge in [-0.05, 0) is 44.9 Å². The summed E-state index contributed by atoms with van der Waals surface area (Å²) in [4.78, 5) is 11.6. The molecule has 1 aromatic rings. The lowest BCUT2D eigenvalue weighted by Gasteiger charge is -2.18. The van der Waals surface area contributed by atoms with Crippen LogP contribution in [0.15, 0.2) is 24.3 Å². The second-order valence-corrected chi connectivity index (χ2v) is 5.76. The van der Waals surface area contributed by atoms with Crippen molar-refractivity contribution < 1.29 is 9.53 Å². The van der Waals surface area contributed by atoms with E-state index in [4.69, 9.17) is 4.74 Å². The Morgan fingerprint density at radius 1 is 1.39 bits per heavy atom. The number of rotatable bonds is 3. The van der Waals surface area contributed by atoms with E-state index in [1.807, 2.05) is 27.7 Å². The molecule has 1 aromatic carbocycles. The molecule has 1 rings (SSSR count). The predicted octanol–water partition coefficient (Wildman–Crippen LogP) is 4.24. The summed E-state index contributed by atoms with van der Waals surface area (Å²) in [6.45, 7) is 7.60. The van der Waals surface area contributed by atoms with Crippen molar-refractivity contribution in [3.05, 3.63) is 41.0 Å². The minimum absolute atomic E-state index is 0.315. The highest BCUT2D eigenvalue weighted by Gasteiger charge is 2.13. The van der Waals surface area contributed by atoms with Crippen LogP contribution in [0.2, 0.25) is 0 Å². The van der Waals surface area contributed by atoms with Crippen LogP contribution in [0.5, 0.6) is 0 Å². The van der Waals surface area contributed by atoms with Crippen LogP contribution in [-0.4, -0.2) is 11.6 Å². The number of carbonyl (C=O) groups excluding carboxylic acids is 1. The van der Waals surface area contributed by atoms with Crippen molar-refractivity contribution in [2.24, 2.45) is 0 Å². The minimum Gasteiger partial charge on any atom is -0.457 e. The second-order valence-electron chi connectivity index (χ2n) is 5.20. The zero-order chi connectivity index (χ0) is 13.8. The molecule has 0 atom stereocenters. The fraction of sp³-hybridized carbons (Fsp3) is 0.400. The Bertz CT molecular complexity index is 456. The number of hydrogen-bond donors (Lipinski definition) is 0. The highest BCUT2D eigenvalue weighted by molar-refractivity contribution is 9.08. The fourth-order valence-corrected chi connectivity index (χ4v) is 2.00. The first-order valence-electron chi connectivity index (χ1n) is 5.88. The summed E-state index contributed by atoms with van der Waals surface area (Å²) in [6, 6.07) is 6.16. The van der Waals surface area contributed by atoms with E-state index >= 15 is 0 Å². The number of benzene rings is 1. The molecule has 0 unspecified atom stereocenters. The number of hydrogen-bond acceptors (Lipinski definition) is 2. The highest BCUT2D eigenvalue weighted by Crippen LogP contribution is 2.17. The third-order valence-corrected chi connectivity index (χ3v) is 2.86. The average molecular weight is 311 g/mol. The first kappa shape index (κ1) is 15.0. The molecule has 0 bridgehead atoms. The summed E-state index contributed by atoms with van der Waals surface area (Å²) in [7, 11) is 0.